The molecule has 3 aromatic carbocycles. The fourth-order valence-electron chi connectivity index (χ4n) is 2.84. The summed E-state index contributed by atoms with van der Waals surface area (Å²) in [5.74, 6) is -0.585. The monoisotopic (exact) mass is 474 g/mol. The van der Waals surface area contributed by atoms with Gasteiger partial charge in [-0.3, -0.25) is 9.59 Å². The summed E-state index contributed by atoms with van der Waals surface area (Å²) >= 11 is 19.6. The van der Waals surface area contributed by atoms with Crippen molar-refractivity contribution in [3.63, 3.8) is 0 Å². The van der Waals surface area contributed by atoms with Crippen molar-refractivity contribution < 1.29 is 9.59 Å². The number of halogens is 3. The van der Waals surface area contributed by atoms with Crippen LogP contribution < -0.4 is 10.6 Å². The molecule has 0 spiro atoms. The van der Waals surface area contributed by atoms with E-state index in [2.05, 4.69) is 10.6 Å². The second-order valence-corrected chi connectivity index (χ2v) is 8.68. The van der Waals surface area contributed by atoms with Crippen LogP contribution in [0.25, 0.3) is 10.1 Å². The summed E-state index contributed by atoms with van der Waals surface area (Å²) in [7, 11) is 0. The van der Waals surface area contributed by atoms with E-state index in [1.165, 1.54) is 11.3 Å². The van der Waals surface area contributed by atoms with E-state index in [1.807, 2.05) is 0 Å². The zero-order valence-electron chi connectivity index (χ0n) is 15.2. The highest BCUT2D eigenvalue weighted by atomic mass is 35.5. The molecule has 0 aliphatic carbocycles. The molecular weight excluding hydrogens is 463 g/mol. The molecule has 2 N–H and O–H groups in total. The van der Waals surface area contributed by atoms with E-state index in [9.17, 15) is 9.59 Å². The molecule has 2 amide bonds. The third-order valence-electron chi connectivity index (χ3n) is 4.29. The van der Waals surface area contributed by atoms with Crippen molar-refractivity contribution in [3.8, 4) is 0 Å². The smallest absolute Gasteiger partial charge is 0.267 e. The predicted octanol–water partition coefficient (Wildman–Crippen LogP) is 7.37. The first-order valence-corrected chi connectivity index (χ1v) is 10.7. The van der Waals surface area contributed by atoms with Crippen LogP contribution in [-0.4, -0.2) is 11.8 Å². The van der Waals surface area contributed by atoms with Gasteiger partial charge >= 0.3 is 0 Å². The molecule has 0 fully saturated rings. The number of carbonyl (C=O) groups excluding carboxylic acids is 2. The summed E-state index contributed by atoms with van der Waals surface area (Å²) < 4.78 is 0.844. The quantitative estimate of drug-likeness (QED) is 0.324. The summed E-state index contributed by atoms with van der Waals surface area (Å²) in [6.07, 6.45) is 0. The zero-order chi connectivity index (χ0) is 21.3. The molecule has 4 rings (SSSR count). The Morgan fingerprint density at radius 3 is 2.03 bits per heavy atom. The Hall–Kier alpha value is -2.57. The van der Waals surface area contributed by atoms with Gasteiger partial charge < -0.3 is 10.6 Å². The van der Waals surface area contributed by atoms with Crippen LogP contribution in [0.2, 0.25) is 15.1 Å². The molecule has 0 saturated carbocycles. The number of rotatable bonds is 4. The lowest BCUT2D eigenvalue weighted by Gasteiger charge is -2.08. The molecule has 0 radical (unpaired) electrons. The molecule has 0 aliphatic rings. The van der Waals surface area contributed by atoms with E-state index >= 15 is 0 Å². The summed E-state index contributed by atoms with van der Waals surface area (Å²) in [5.41, 5.74) is 1.62. The summed E-state index contributed by atoms with van der Waals surface area (Å²) in [6.45, 7) is 0. The molecule has 1 aromatic heterocycles. The van der Waals surface area contributed by atoms with Gasteiger partial charge in [0.25, 0.3) is 11.8 Å². The maximum absolute atomic E-state index is 12.7. The zero-order valence-corrected chi connectivity index (χ0v) is 18.3. The van der Waals surface area contributed by atoms with Gasteiger partial charge in [-0.05, 0) is 54.6 Å². The van der Waals surface area contributed by atoms with Crippen LogP contribution in [0.3, 0.4) is 0 Å². The first-order chi connectivity index (χ1) is 14.4. The predicted molar refractivity (Wildman–Crippen MR) is 126 cm³/mol. The van der Waals surface area contributed by atoms with E-state index in [0.717, 1.165) is 10.1 Å². The van der Waals surface area contributed by atoms with Crippen molar-refractivity contribution in [2.24, 2.45) is 0 Å². The Morgan fingerprint density at radius 1 is 0.733 bits per heavy atom. The van der Waals surface area contributed by atoms with Crippen molar-refractivity contribution in [1.29, 1.82) is 0 Å². The fraction of sp³-hybridized carbons (Fsp3) is 0. The normalized spacial score (nSPS) is 10.8. The van der Waals surface area contributed by atoms with Gasteiger partial charge in [-0.15, -0.1) is 11.3 Å². The third-order valence-corrected chi connectivity index (χ3v) is 6.41. The Morgan fingerprint density at radius 2 is 1.37 bits per heavy atom. The second-order valence-electron chi connectivity index (χ2n) is 6.38. The third kappa shape index (κ3) is 4.45. The number of fused-ring (bicyclic) bond motifs is 1. The number of carbonyl (C=O) groups is 2. The molecule has 0 saturated heterocycles. The van der Waals surface area contributed by atoms with E-state index in [1.54, 1.807) is 66.7 Å². The molecule has 30 heavy (non-hydrogen) atoms. The highest BCUT2D eigenvalue weighted by molar-refractivity contribution is 7.21. The molecule has 4 nitrogen and oxygen atoms in total. The maximum Gasteiger partial charge on any atom is 0.267 e. The molecule has 8 heteroatoms. The lowest BCUT2D eigenvalue weighted by molar-refractivity contribution is 0.102. The lowest BCUT2D eigenvalue weighted by Crippen LogP contribution is -2.12. The number of thiophene rings is 1. The van der Waals surface area contributed by atoms with Crippen molar-refractivity contribution in [3.05, 3.63) is 92.2 Å². The lowest BCUT2D eigenvalue weighted by atomic mass is 10.2. The average Bonchev–Trinajstić information content (AvgIpc) is 3.05. The Kier molecular flexibility index (Phi) is 5.97. The Labute approximate surface area is 191 Å². The van der Waals surface area contributed by atoms with Crippen molar-refractivity contribution in [2.45, 2.75) is 0 Å². The van der Waals surface area contributed by atoms with Gasteiger partial charge in [0.1, 0.15) is 4.88 Å². The van der Waals surface area contributed by atoms with Crippen molar-refractivity contribution in [1.82, 2.24) is 0 Å². The number of benzene rings is 3. The minimum absolute atomic E-state index is 0.273. The topological polar surface area (TPSA) is 58.2 Å². The van der Waals surface area contributed by atoms with Crippen molar-refractivity contribution in [2.75, 3.05) is 10.6 Å². The molecule has 0 atom stereocenters. The molecular formula is C22H13Cl3N2O2S. The maximum atomic E-state index is 12.7. The minimum Gasteiger partial charge on any atom is -0.322 e. The summed E-state index contributed by atoms with van der Waals surface area (Å²) in [4.78, 5) is 25.4. The van der Waals surface area contributed by atoms with Crippen LogP contribution >= 0.6 is 46.1 Å². The molecule has 0 aliphatic heterocycles. The summed E-state index contributed by atoms with van der Waals surface area (Å²) in [6, 6.07) is 18.8. The first kappa shape index (κ1) is 20.7. The molecule has 1 heterocycles. The van der Waals surface area contributed by atoms with Crippen LogP contribution in [0.5, 0.6) is 0 Å². The van der Waals surface area contributed by atoms with E-state index < -0.39 is 0 Å². The minimum atomic E-state index is -0.312. The van der Waals surface area contributed by atoms with Crippen LogP contribution in [0.1, 0.15) is 20.0 Å². The van der Waals surface area contributed by atoms with Crippen LogP contribution in [-0.2, 0) is 0 Å². The van der Waals surface area contributed by atoms with Gasteiger partial charge in [0, 0.05) is 37.1 Å². The largest absolute Gasteiger partial charge is 0.322 e. The highest BCUT2D eigenvalue weighted by Crippen LogP contribution is 2.37. The average molecular weight is 476 g/mol. The van der Waals surface area contributed by atoms with Crippen molar-refractivity contribution >= 4 is 79.4 Å². The van der Waals surface area contributed by atoms with E-state index in [-0.39, 0.29) is 11.8 Å². The SMILES string of the molecule is O=C(Nc1ccc(NC(=O)c2sc3cc(Cl)ccc3c2Cl)cc1)c1cccc(Cl)c1. The van der Waals surface area contributed by atoms with Gasteiger partial charge in [0.2, 0.25) is 0 Å². The van der Waals surface area contributed by atoms with Gasteiger partial charge in [-0.25, -0.2) is 0 Å². The van der Waals surface area contributed by atoms with Crippen LogP contribution in [0.15, 0.2) is 66.7 Å². The first-order valence-electron chi connectivity index (χ1n) is 8.76. The fourth-order valence-corrected chi connectivity index (χ4v) is 4.72. The molecule has 0 bridgehead atoms. The van der Waals surface area contributed by atoms with E-state index in [0.29, 0.717) is 36.9 Å². The highest BCUT2D eigenvalue weighted by Gasteiger charge is 2.17. The number of amides is 2. The van der Waals surface area contributed by atoms with Gasteiger partial charge in [-0.1, -0.05) is 46.9 Å². The van der Waals surface area contributed by atoms with Crippen LogP contribution in [0.4, 0.5) is 11.4 Å². The summed E-state index contributed by atoms with van der Waals surface area (Å²) in [5, 5.41) is 7.87. The Bertz CT molecular complexity index is 1270. The number of hydrogen-bond acceptors (Lipinski definition) is 3. The second kappa shape index (κ2) is 8.66. The molecule has 0 unspecified atom stereocenters. The van der Waals surface area contributed by atoms with E-state index in [4.69, 9.17) is 34.8 Å². The van der Waals surface area contributed by atoms with Crippen LogP contribution in [0, 0.1) is 0 Å². The Balaban J connectivity index is 1.46. The number of nitrogens with one attached hydrogen (secondary N) is 2. The molecule has 4 aromatic rings. The van der Waals surface area contributed by atoms with Gasteiger partial charge in [0.05, 0.1) is 5.02 Å². The standard InChI is InChI=1S/C22H13Cl3N2O2S/c23-13-3-1-2-12(10-13)21(28)26-15-5-7-16(8-6-15)27-22(29)20-19(25)17-9-4-14(24)11-18(17)30-20/h1-11H,(H,26,28)(H,27,29). The van der Waals surface area contributed by atoms with Gasteiger partial charge in [0.15, 0.2) is 0 Å². The van der Waals surface area contributed by atoms with Gasteiger partial charge in [-0.2, -0.15) is 0 Å². The number of hydrogen-bond donors (Lipinski definition) is 2. The number of anilines is 2. The molecule has 150 valence electrons.